The Bertz CT molecular complexity index is 833. The molecule has 162 valence electrons. The number of carbonyl (C=O) groups excluding carboxylic acids is 2. The SMILES string of the molecule is CCCCNC(=O)[C@H](C)N(Cc1ccc(Cl)cc1Cl)C(=O)CSCc1ccccc1. The highest BCUT2D eigenvalue weighted by molar-refractivity contribution is 7.99. The van der Waals surface area contributed by atoms with Crippen LogP contribution in [0.1, 0.15) is 37.8 Å². The number of hydrogen-bond donors (Lipinski definition) is 1. The van der Waals surface area contributed by atoms with E-state index in [0.29, 0.717) is 16.6 Å². The topological polar surface area (TPSA) is 49.4 Å². The molecule has 7 heteroatoms. The first-order valence-electron chi connectivity index (χ1n) is 10.0. The van der Waals surface area contributed by atoms with E-state index in [-0.39, 0.29) is 24.1 Å². The minimum absolute atomic E-state index is 0.0971. The second-order valence-corrected chi connectivity index (χ2v) is 8.89. The Kier molecular flexibility index (Phi) is 10.6. The molecule has 30 heavy (non-hydrogen) atoms. The molecule has 1 atom stereocenters. The van der Waals surface area contributed by atoms with Gasteiger partial charge in [-0.05, 0) is 36.6 Å². The second-order valence-electron chi connectivity index (χ2n) is 7.06. The molecule has 0 radical (unpaired) electrons. The molecule has 0 aromatic heterocycles. The van der Waals surface area contributed by atoms with Crippen LogP contribution in [0.5, 0.6) is 0 Å². The van der Waals surface area contributed by atoms with E-state index in [1.54, 1.807) is 30.0 Å². The first-order chi connectivity index (χ1) is 14.4. The predicted octanol–water partition coefficient (Wildman–Crippen LogP) is 5.56. The molecule has 0 aliphatic carbocycles. The van der Waals surface area contributed by atoms with Gasteiger partial charge in [-0.2, -0.15) is 0 Å². The van der Waals surface area contributed by atoms with Crippen LogP contribution in [0.4, 0.5) is 0 Å². The van der Waals surface area contributed by atoms with E-state index in [1.807, 2.05) is 30.3 Å². The van der Waals surface area contributed by atoms with E-state index in [4.69, 9.17) is 23.2 Å². The van der Waals surface area contributed by atoms with Gasteiger partial charge in [0.25, 0.3) is 0 Å². The first-order valence-corrected chi connectivity index (χ1v) is 12.0. The van der Waals surface area contributed by atoms with Crippen LogP contribution in [0.2, 0.25) is 10.0 Å². The molecule has 0 unspecified atom stereocenters. The van der Waals surface area contributed by atoms with Crippen molar-refractivity contribution >= 4 is 46.8 Å². The molecule has 2 aromatic carbocycles. The molecule has 4 nitrogen and oxygen atoms in total. The van der Waals surface area contributed by atoms with E-state index >= 15 is 0 Å². The average Bonchev–Trinajstić information content (AvgIpc) is 2.73. The van der Waals surface area contributed by atoms with Crippen LogP contribution in [0.3, 0.4) is 0 Å². The van der Waals surface area contributed by atoms with E-state index in [2.05, 4.69) is 12.2 Å². The molecule has 1 N–H and O–H groups in total. The maximum absolute atomic E-state index is 13.0. The highest BCUT2D eigenvalue weighted by atomic mass is 35.5. The molecule has 2 amide bonds. The van der Waals surface area contributed by atoms with Crippen LogP contribution in [0.15, 0.2) is 48.5 Å². The molecule has 2 aromatic rings. The summed E-state index contributed by atoms with van der Waals surface area (Å²) in [6, 6.07) is 14.6. The summed E-state index contributed by atoms with van der Waals surface area (Å²) in [5.41, 5.74) is 1.92. The van der Waals surface area contributed by atoms with Crippen molar-refractivity contribution in [2.24, 2.45) is 0 Å². The summed E-state index contributed by atoms with van der Waals surface area (Å²) in [7, 11) is 0. The normalized spacial score (nSPS) is 11.7. The number of rotatable bonds is 11. The number of amides is 2. The molecule has 0 fully saturated rings. The third kappa shape index (κ3) is 7.86. The molecule has 0 bridgehead atoms. The van der Waals surface area contributed by atoms with E-state index in [1.165, 1.54) is 11.8 Å². The van der Waals surface area contributed by atoms with Crippen molar-refractivity contribution in [3.8, 4) is 0 Å². The Hall–Kier alpha value is -1.69. The third-order valence-corrected chi connectivity index (χ3v) is 6.27. The van der Waals surface area contributed by atoms with Crippen molar-refractivity contribution in [3.05, 3.63) is 69.7 Å². The Balaban J connectivity index is 2.08. The number of nitrogens with one attached hydrogen (secondary N) is 1. The zero-order chi connectivity index (χ0) is 21.9. The molecule has 2 rings (SSSR count). The quantitative estimate of drug-likeness (QED) is 0.440. The van der Waals surface area contributed by atoms with Crippen molar-refractivity contribution in [2.75, 3.05) is 12.3 Å². The number of hydrogen-bond acceptors (Lipinski definition) is 3. The maximum Gasteiger partial charge on any atom is 0.242 e. The lowest BCUT2D eigenvalue weighted by molar-refractivity contribution is -0.138. The smallest absolute Gasteiger partial charge is 0.242 e. The fourth-order valence-electron chi connectivity index (χ4n) is 2.87. The van der Waals surface area contributed by atoms with Crippen LogP contribution in [0.25, 0.3) is 0 Å². The van der Waals surface area contributed by atoms with Gasteiger partial charge in [0.2, 0.25) is 11.8 Å². The number of benzene rings is 2. The van der Waals surface area contributed by atoms with Gasteiger partial charge < -0.3 is 10.2 Å². The third-order valence-electron chi connectivity index (χ3n) is 4.69. The molecular formula is C23H28Cl2N2O2S. The van der Waals surface area contributed by atoms with Crippen LogP contribution < -0.4 is 5.32 Å². The number of thioether (sulfide) groups is 1. The van der Waals surface area contributed by atoms with Crippen molar-refractivity contribution < 1.29 is 9.59 Å². The van der Waals surface area contributed by atoms with Crippen molar-refractivity contribution in [2.45, 2.75) is 45.0 Å². The number of carbonyl (C=O) groups is 2. The Morgan fingerprint density at radius 3 is 2.53 bits per heavy atom. The maximum atomic E-state index is 13.0. The first kappa shape index (κ1) is 24.6. The Labute approximate surface area is 193 Å². The molecule has 0 saturated heterocycles. The summed E-state index contributed by atoms with van der Waals surface area (Å²) < 4.78 is 0. The lowest BCUT2D eigenvalue weighted by Crippen LogP contribution is -2.48. The van der Waals surface area contributed by atoms with Gasteiger partial charge in [-0.1, -0.05) is 72.9 Å². The number of halogens is 2. The number of nitrogens with zero attached hydrogens (tertiary/aromatic N) is 1. The summed E-state index contributed by atoms with van der Waals surface area (Å²) in [5, 5.41) is 3.93. The van der Waals surface area contributed by atoms with E-state index in [9.17, 15) is 9.59 Å². The summed E-state index contributed by atoms with van der Waals surface area (Å²) in [6.45, 7) is 4.68. The second kappa shape index (κ2) is 12.9. The fourth-order valence-corrected chi connectivity index (χ4v) is 4.20. The van der Waals surface area contributed by atoms with Gasteiger partial charge in [0.1, 0.15) is 6.04 Å². The van der Waals surface area contributed by atoms with Gasteiger partial charge in [-0.3, -0.25) is 9.59 Å². The Morgan fingerprint density at radius 1 is 1.13 bits per heavy atom. The van der Waals surface area contributed by atoms with Crippen LogP contribution in [-0.2, 0) is 21.9 Å². The largest absolute Gasteiger partial charge is 0.354 e. The predicted molar refractivity (Wildman–Crippen MR) is 127 cm³/mol. The molecule has 0 aliphatic heterocycles. The van der Waals surface area contributed by atoms with Crippen LogP contribution in [0, 0.1) is 0 Å². The fraction of sp³-hybridized carbons (Fsp3) is 0.391. The van der Waals surface area contributed by atoms with Gasteiger partial charge in [-0.25, -0.2) is 0 Å². The minimum Gasteiger partial charge on any atom is -0.354 e. The van der Waals surface area contributed by atoms with Crippen molar-refractivity contribution in [3.63, 3.8) is 0 Å². The van der Waals surface area contributed by atoms with Crippen molar-refractivity contribution in [1.29, 1.82) is 0 Å². The standard InChI is InChI=1S/C23H28Cl2N2O2S/c1-3-4-12-26-23(29)17(2)27(14-19-10-11-20(24)13-21(19)25)22(28)16-30-15-18-8-6-5-7-9-18/h5-11,13,17H,3-4,12,14-16H2,1-2H3,(H,26,29)/t17-/m0/s1. The van der Waals surface area contributed by atoms with Gasteiger partial charge in [-0.15, -0.1) is 11.8 Å². The Morgan fingerprint density at radius 2 is 1.87 bits per heavy atom. The lowest BCUT2D eigenvalue weighted by Gasteiger charge is -2.29. The highest BCUT2D eigenvalue weighted by Gasteiger charge is 2.26. The molecule has 0 aliphatic rings. The van der Waals surface area contributed by atoms with Gasteiger partial charge >= 0.3 is 0 Å². The van der Waals surface area contributed by atoms with E-state index < -0.39 is 6.04 Å². The molecule has 0 saturated carbocycles. The summed E-state index contributed by atoms with van der Waals surface area (Å²) in [6.07, 6.45) is 1.90. The summed E-state index contributed by atoms with van der Waals surface area (Å²) in [4.78, 5) is 27.3. The average molecular weight is 467 g/mol. The van der Waals surface area contributed by atoms with Gasteiger partial charge in [0.05, 0.1) is 5.75 Å². The summed E-state index contributed by atoms with van der Waals surface area (Å²) >= 11 is 13.8. The minimum atomic E-state index is -0.599. The molecular weight excluding hydrogens is 439 g/mol. The van der Waals surface area contributed by atoms with Crippen molar-refractivity contribution in [1.82, 2.24) is 10.2 Å². The summed E-state index contributed by atoms with van der Waals surface area (Å²) in [5.74, 6) is 0.765. The lowest BCUT2D eigenvalue weighted by atomic mass is 10.1. The van der Waals surface area contributed by atoms with Crippen LogP contribution in [-0.4, -0.2) is 35.1 Å². The highest BCUT2D eigenvalue weighted by Crippen LogP contribution is 2.24. The molecule has 0 heterocycles. The number of unbranched alkanes of at least 4 members (excludes halogenated alkanes) is 1. The zero-order valence-corrected chi connectivity index (χ0v) is 19.7. The monoisotopic (exact) mass is 466 g/mol. The van der Waals surface area contributed by atoms with Crippen LogP contribution >= 0.6 is 35.0 Å². The zero-order valence-electron chi connectivity index (χ0n) is 17.4. The van der Waals surface area contributed by atoms with Gasteiger partial charge in [0, 0.05) is 28.9 Å². The molecule has 0 spiro atoms. The van der Waals surface area contributed by atoms with Gasteiger partial charge in [0.15, 0.2) is 0 Å². The van der Waals surface area contributed by atoms with E-state index in [0.717, 1.165) is 29.7 Å².